The van der Waals surface area contributed by atoms with Gasteiger partial charge in [0, 0.05) is 4.47 Å². The first kappa shape index (κ1) is 12.0. The van der Waals surface area contributed by atoms with Gasteiger partial charge in [0.15, 0.2) is 6.10 Å². The Kier molecular flexibility index (Phi) is 4.62. The van der Waals surface area contributed by atoms with Crippen molar-refractivity contribution in [1.82, 2.24) is 0 Å². The highest BCUT2D eigenvalue weighted by Gasteiger charge is 2.15. The average Bonchev–Trinajstić information content (AvgIpc) is 2.18. The lowest BCUT2D eigenvalue weighted by Crippen LogP contribution is -2.25. The van der Waals surface area contributed by atoms with Gasteiger partial charge in [0.2, 0.25) is 0 Å². The Bertz CT molecular complexity index is 338. The minimum atomic E-state index is -0.584. The van der Waals surface area contributed by atoms with Crippen LogP contribution in [0.3, 0.4) is 0 Å². The summed E-state index contributed by atoms with van der Waals surface area (Å²) in [6.07, 6.45) is -0.584. The number of hydrogen-bond acceptors (Lipinski definition) is 3. The van der Waals surface area contributed by atoms with Gasteiger partial charge in [0.25, 0.3) is 0 Å². The molecule has 0 bridgehead atoms. The number of hydrogen-bond donors (Lipinski definition) is 0. The molecule has 1 aromatic rings. The molecule has 0 radical (unpaired) electrons. The molecule has 1 atom stereocenters. The average molecular weight is 273 g/mol. The lowest BCUT2D eigenvalue weighted by Gasteiger charge is -2.13. The molecular weight excluding hydrogens is 260 g/mol. The van der Waals surface area contributed by atoms with Crippen LogP contribution in [0, 0.1) is 0 Å². The second-order valence-electron chi connectivity index (χ2n) is 2.97. The highest BCUT2D eigenvalue weighted by molar-refractivity contribution is 9.10. The van der Waals surface area contributed by atoms with Gasteiger partial charge in [-0.3, -0.25) is 0 Å². The Labute approximate surface area is 97.5 Å². The SMILES string of the molecule is CCOC(=O)[C@@H](C)Oc1cccc(Br)c1. The monoisotopic (exact) mass is 272 g/mol. The predicted molar refractivity (Wildman–Crippen MR) is 60.9 cm³/mol. The molecule has 0 N–H and O–H groups in total. The fourth-order valence-corrected chi connectivity index (χ4v) is 1.43. The minimum absolute atomic E-state index is 0.350. The normalized spacial score (nSPS) is 11.9. The Morgan fingerprint density at radius 3 is 2.87 bits per heavy atom. The number of rotatable bonds is 4. The second kappa shape index (κ2) is 5.75. The van der Waals surface area contributed by atoms with E-state index in [0.717, 1.165) is 4.47 Å². The van der Waals surface area contributed by atoms with Crippen molar-refractivity contribution < 1.29 is 14.3 Å². The van der Waals surface area contributed by atoms with Crippen LogP contribution in [0.15, 0.2) is 28.7 Å². The topological polar surface area (TPSA) is 35.5 Å². The smallest absolute Gasteiger partial charge is 0.347 e. The van der Waals surface area contributed by atoms with E-state index in [-0.39, 0.29) is 5.97 Å². The van der Waals surface area contributed by atoms with E-state index in [1.165, 1.54) is 0 Å². The third-order valence-electron chi connectivity index (χ3n) is 1.73. The largest absolute Gasteiger partial charge is 0.479 e. The van der Waals surface area contributed by atoms with Crippen LogP contribution >= 0.6 is 15.9 Å². The maximum atomic E-state index is 11.3. The zero-order valence-electron chi connectivity index (χ0n) is 8.70. The number of esters is 1. The quantitative estimate of drug-likeness (QED) is 0.791. The van der Waals surface area contributed by atoms with Gasteiger partial charge < -0.3 is 9.47 Å². The van der Waals surface area contributed by atoms with Crippen LogP contribution in [0.5, 0.6) is 5.75 Å². The van der Waals surface area contributed by atoms with Gasteiger partial charge in [-0.15, -0.1) is 0 Å². The molecular formula is C11H13BrO3. The van der Waals surface area contributed by atoms with Crippen molar-refractivity contribution >= 4 is 21.9 Å². The van der Waals surface area contributed by atoms with Crippen molar-refractivity contribution in [1.29, 1.82) is 0 Å². The number of ether oxygens (including phenoxy) is 2. The summed E-state index contributed by atoms with van der Waals surface area (Å²) in [6.45, 7) is 3.80. The van der Waals surface area contributed by atoms with Gasteiger partial charge in [-0.05, 0) is 32.0 Å². The molecule has 0 aliphatic carbocycles. The Morgan fingerprint density at radius 2 is 2.27 bits per heavy atom. The fraction of sp³-hybridized carbons (Fsp3) is 0.364. The Balaban J connectivity index is 2.58. The van der Waals surface area contributed by atoms with Crippen molar-refractivity contribution in [3.63, 3.8) is 0 Å². The summed E-state index contributed by atoms with van der Waals surface area (Å²) < 4.78 is 11.1. The molecule has 0 aromatic heterocycles. The van der Waals surface area contributed by atoms with E-state index in [2.05, 4.69) is 15.9 Å². The van der Waals surface area contributed by atoms with Crippen LogP contribution in [0.4, 0.5) is 0 Å². The Morgan fingerprint density at radius 1 is 1.53 bits per heavy atom. The van der Waals surface area contributed by atoms with Crippen LogP contribution in [-0.2, 0) is 9.53 Å². The molecule has 0 saturated heterocycles. The molecule has 0 spiro atoms. The van der Waals surface area contributed by atoms with E-state index in [0.29, 0.717) is 12.4 Å². The summed E-state index contributed by atoms with van der Waals surface area (Å²) in [7, 11) is 0. The molecule has 4 heteroatoms. The molecule has 3 nitrogen and oxygen atoms in total. The maximum Gasteiger partial charge on any atom is 0.347 e. The molecule has 0 unspecified atom stereocenters. The van der Waals surface area contributed by atoms with E-state index in [1.54, 1.807) is 26.0 Å². The predicted octanol–water partition coefficient (Wildman–Crippen LogP) is 2.78. The van der Waals surface area contributed by atoms with E-state index in [4.69, 9.17) is 9.47 Å². The summed E-state index contributed by atoms with van der Waals surface area (Å²) in [4.78, 5) is 11.3. The Hall–Kier alpha value is -1.03. The molecule has 0 aliphatic heterocycles. The second-order valence-corrected chi connectivity index (χ2v) is 3.89. The van der Waals surface area contributed by atoms with Gasteiger partial charge in [-0.1, -0.05) is 22.0 Å². The summed E-state index contributed by atoms with van der Waals surface area (Å²) >= 11 is 3.32. The zero-order chi connectivity index (χ0) is 11.3. The maximum absolute atomic E-state index is 11.3. The summed E-state index contributed by atoms with van der Waals surface area (Å²) in [5.74, 6) is 0.294. The molecule has 0 heterocycles. The van der Waals surface area contributed by atoms with Crippen molar-refractivity contribution in [2.45, 2.75) is 20.0 Å². The molecule has 0 aliphatic rings. The molecule has 0 fully saturated rings. The summed E-state index contributed by atoms with van der Waals surface area (Å²) in [5, 5.41) is 0. The van der Waals surface area contributed by atoms with Crippen molar-refractivity contribution in [2.75, 3.05) is 6.61 Å². The van der Waals surface area contributed by atoms with E-state index in [1.807, 2.05) is 12.1 Å². The number of carbonyl (C=O) groups excluding carboxylic acids is 1. The first-order valence-corrected chi connectivity index (χ1v) is 5.51. The van der Waals surface area contributed by atoms with Gasteiger partial charge in [0.05, 0.1) is 6.61 Å². The third-order valence-corrected chi connectivity index (χ3v) is 2.22. The number of carbonyl (C=O) groups is 1. The number of benzene rings is 1. The van der Waals surface area contributed by atoms with E-state index in [9.17, 15) is 4.79 Å². The van der Waals surface area contributed by atoms with Crippen LogP contribution < -0.4 is 4.74 Å². The van der Waals surface area contributed by atoms with Gasteiger partial charge >= 0.3 is 5.97 Å². The van der Waals surface area contributed by atoms with Gasteiger partial charge in [-0.25, -0.2) is 4.79 Å². The van der Waals surface area contributed by atoms with Crippen LogP contribution in [-0.4, -0.2) is 18.7 Å². The lowest BCUT2D eigenvalue weighted by molar-refractivity contribution is -0.150. The summed E-state index contributed by atoms with van der Waals surface area (Å²) in [6, 6.07) is 7.33. The highest BCUT2D eigenvalue weighted by atomic mass is 79.9. The van der Waals surface area contributed by atoms with Crippen LogP contribution in [0.2, 0.25) is 0 Å². The fourth-order valence-electron chi connectivity index (χ4n) is 1.05. The zero-order valence-corrected chi connectivity index (χ0v) is 10.3. The lowest BCUT2D eigenvalue weighted by atomic mass is 10.3. The van der Waals surface area contributed by atoms with Crippen molar-refractivity contribution in [2.24, 2.45) is 0 Å². The molecule has 15 heavy (non-hydrogen) atoms. The summed E-state index contributed by atoms with van der Waals surface area (Å²) in [5.41, 5.74) is 0. The van der Waals surface area contributed by atoms with E-state index >= 15 is 0 Å². The molecule has 82 valence electrons. The van der Waals surface area contributed by atoms with Crippen molar-refractivity contribution in [3.8, 4) is 5.75 Å². The molecule has 1 rings (SSSR count). The van der Waals surface area contributed by atoms with Gasteiger partial charge in [-0.2, -0.15) is 0 Å². The minimum Gasteiger partial charge on any atom is -0.479 e. The van der Waals surface area contributed by atoms with Crippen LogP contribution in [0.25, 0.3) is 0 Å². The first-order valence-electron chi connectivity index (χ1n) is 4.72. The first-order chi connectivity index (χ1) is 7.13. The van der Waals surface area contributed by atoms with Crippen molar-refractivity contribution in [3.05, 3.63) is 28.7 Å². The molecule has 1 aromatic carbocycles. The van der Waals surface area contributed by atoms with Gasteiger partial charge in [0.1, 0.15) is 5.75 Å². The standard InChI is InChI=1S/C11H13BrO3/c1-3-14-11(13)8(2)15-10-6-4-5-9(12)7-10/h4-8H,3H2,1-2H3/t8-/m1/s1. The van der Waals surface area contributed by atoms with Crippen LogP contribution in [0.1, 0.15) is 13.8 Å². The molecule has 0 saturated carbocycles. The molecule has 0 amide bonds. The highest BCUT2D eigenvalue weighted by Crippen LogP contribution is 2.19. The van der Waals surface area contributed by atoms with E-state index < -0.39 is 6.10 Å². The third kappa shape index (κ3) is 3.91. The number of halogens is 1.